The molecular weight excluding hydrogens is 136 g/mol. The fourth-order valence-electron chi connectivity index (χ4n) is 1.24. The standard InChI is InChI=1S/C9H10N2/c1-7-5-9-8(10-6-7)3-4-11(9)2/h3-6H,1-2H3. The maximum atomic E-state index is 4.28. The van der Waals surface area contributed by atoms with Crippen LogP contribution in [0.15, 0.2) is 24.5 Å². The van der Waals surface area contributed by atoms with Crippen LogP contribution in [-0.2, 0) is 7.05 Å². The quantitative estimate of drug-likeness (QED) is 0.555. The van der Waals surface area contributed by atoms with Gasteiger partial charge in [-0.2, -0.15) is 0 Å². The SMILES string of the molecule is Cc1cnc2ccn(C)c2c1. The Balaban J connectivity index is 2.87. The van der Waals surface area contributed by atoms with Crippen molar-refractivity contribution in [1.29, 1.82) is 0 Å². The van der Waals surface area contributed by atoms with Crippen molar-refractivity contribution >= 4 is 11.0 Å². The van der Waals surface area contributed by atoms with Crippen molar-refractivity contribution < 1.29 is 0 Å². The molecule has 0 aliphatic carbocycles. The third-order valence-corrected chi connectivity index (χ3v) is 1.87. The van der Waals surface area contributed by atoms with Crippen LogP contribution in [0.3, 0.4) is 0 Å². The van der Waals surface area contributed by atoms with Crippen molar-refractivity contribution in [3.05, 3.63) is 30.1 Å². The van der Waals surface area contributed by atoms with Crippen LogP contribution in [0.1, 0.15) is 5.56 Å². The summed E-state index contributed by atoms with van der Waals surface area (Å²) in [6.45, 7) is 2.06. The highest BCUT2D eigenvalue weighted by atomic mass is 14.9. The molecule has 2 heterocycles. The average Bonchev–Trinajstić information content (AvgIpc) is 2.33. The first-order chi connectivity index (χ1) is 5.27. The van der Waals surface area contributed by atoms with Crippen LogP contribution < -0.4 is 0 Å². The second kappa shape index (κ2) is 2.09. The van der Waals surface area contributed by atoms with E-state index in [1.807, 2.05) is 25.5 Å². The van der Waals surface area contributed by atoms with E-state index in [9.17, 15) is 0 Å². The molecule has 0 radical (unpaired) electrons. The Hall–Kier alpha value is -1.31. The van der Waals surface area contributed by atoms with E-state index in [0.29, 0.717) is 0 Å². The van der Waals surface area contributed by atoms with Crippen LogP contribution in [0.4, 0.5) is 0 Å². The Morgan fingerprint density at radius 1 is 1.45 bits per heavy atom. The number of nitrogens with zero attached hydrogens (tertiary/aromatic N) is 2. The molecule has 0 saturated heterocycles. The van der Waals surface area contributed by atoms with E-state index >= 15 is 0 Å². The molecule has 2 aromatic heterocycles. The molecule has 2 nitrogen and oxygen atoms in total. The molecule has 0 spiro atoms. The Morgan fingerprint density at radius 3 is 3.09 bits per heavy atom. The lowest BCUT2D eigenvalue weighted by molar-refractivity contribution is 0.967. The lowest BCUT2D eigenvalue weighted by Crippen LogP contribution is -1.85. The molecule has 11 heavy (non-hydrogen) atoms. The Morgan fingerprint density at radius 2 is 2.27 bits per heavy atom. The molecule has 2 rings (SSSR count). The normalized spacial score (nSPS) is 10.7. The maximum absolute atomic E-state index is 4.28. The minimum absolute atomic E-state index is 1.07. The number of hydrogen-bond acceptors (Lipinski definition) is 1. The van der Waals surface area contributed by atoms with Gasteiger partial charge in [-0.05, 0) is 24.6 Å². The first-order valence-corrected chi connectivity index (χ1v) is 3.65. The molecule has 0 aliphatic rings. The highest BCUT2D eigenvalue weighted by molar-refractivity contribution is 5.75. The fraction of sp³-hybridized carbons (Fsp3) is 0.222. The predicted octanol–water partition coefficient (Wildman–Crippen LogP) is 1.88. The molecule has 2 aromatic rings. The molecule has 0 aliphatic heterocycles. The minimum Gasteiger partial charge on any atom is -0.349 e. The first-order valence-electron chi connectivity index (χ1n) is 3.65. The summed E-state index contributed by atoms with van der Waals surface area (Å²) in [5, 5.41) is 0. The highest BCUT2D eigenvalue weighted by Crippen LogP contribution is 2.12. The molecule has 2 heteroatoms. The lowest BCUT2D eigenvalue weighted by atomic mass is 10.3. The van der Waals surface area contributed by atoms with Crippen LogP contribution in [0.25, 0.3) is 11.0 Å². The molecule has 56 valence electrons. The van der Waals surface area contributed by atoms with Gasteiger partial charge in [0.1, 0.15) is 0 Å². The topological polar surface area (TPSA) is 17.8 Å². The van der Waals surface area contributed by atoms with E-state index < -0.39 is 0 Å². The van der Waals surface area contributed by atoms with E-state index in [-0.39, 0.29) is 0 Å². The van der Waals surface area contributed by atoms with Crippen molar-refractivity contribution in [2.24, 2.45) is 7.05 Å². The first kappa shape index (κ1) is 6.40. The second-order valence-corrected chi connectivity index (χ2v) is 2.84. The Bertz CT molecular complexity index is 387. The summed E-state index contributed by atoms with van der Waals surface area (Å²) in [5.74, 6) is 0. The van der Waals surface area contributed by atoms with Crippen molar-refractivity contribution in [3.8, 4) is 0 Å². The Kier molecular flexibility index (Phi) is 1.22. The second-order valence-electron chi connectivity index (χ2n) is 2.84. The average molecular weight is 146 g/mol. The van der Waals surface area contributed by atoms with Gasteiger partial charge in [-0.25, -0.2) is 0 Å². The summed E-state index contributed by atoms with van der Waals surface area (Å²) in [4.78, 5) is 4.28. The number of fused-ring (bicyclic) bond motifs is 1. The number of aryl methyl sites for hydroxylation is 2. The van der Waals surface area contributed by atoms with Crippen LogP contribution in [0.2, 0.25) is 0 Å². The summed E-state index contributed by atoms with van der Waals surface area (Å²) in [6, 6.07) is 4.16. The van der Waals surface area contributed by atoms with Gasteiger partial charge in [-0.3, -0.25) is 4.98 Å². The van der Waals surface area contributed by atoms with Crippen molar-refractivity contribution in [3.63, 3.8) is 0 Å². The van der Waals surface area contributed by atoms with E-state index in [1.54, 1.807) is 0 Å². The number of rotatable bonds is 0. The predicted molar refractivity (Wildman–Crippen MR) is 45.5 cm³/mol. The van der Waals surface area contributed by atoms with E-state index in [4.69, 9.17) is 0 Å². The zero-order valence-corrected chi connectivity index (χ0v) is 6.70. The van der Waals surface area contributed by atoms with Crippen molar-refractivity contribution in [1.82, 2.24) is 9.55 Å². The van der Waals surface area contributed by atoms with Gasteiger partial charge in [0.25, 0.3) is 0 Å². The zero-order valence-electron chi connectivity index (χ0n) is 6.70. The van der Waals surface area contributed by atoms with Gasteiger partial charge >= 0.3 is 0 Å². The third kappa shape index (κ3) is 0.909. The monoisotopic (exact) mass is 146 g/mol. The number of hydrogen-bond donors (Lipinski definition) is 0. The van der Waals surface area contributed by atoms with Gasteiger partial charge in [0.15, 0.2) is 0 Å². The molecule has 0 unspecified atom stereocenters. The van der Waals surface area contributed by atoms with E-state index in [0.717, 1.165) is 5.52 Å². The summed E-state index contributed by atoms with van der Waals surface area (Å²) >= 11 is 0. The molecule has 0 fully saturated rings. The number of aromatic nitrogens is 2. The molecule has 0 amide bonds. The smallest absolute Gasteiger partial charge is 0.0881 e. The molecular formula is C9H10N2. The van der Waals surface area contributed by atoms with Gasteiger partial charge < -0.3 is 4.57 Å². The van der Waals surface area contributed by atoms with Crippen LogP contribution in [-0.4, -0.2) is 9.55 Å². The lowest BCUT2D eigenvalue weighted by Gasteiger charge is -1.95. The zero-order chi connectivity index (χ0) is 7.84. The molecule has 0 N–H and O–H groups in total. The fourth-order valence-corrected chi connectivity index (χ4v) is 1.24. The molecule has 0 saturated carbocycles. The van der Waals surface area contributed by atoms with E-state index in [2.05, 4.69) is 22.5 Å². The number of pyridine rings is 1. The van der Waals surface area contributed by atoms with E-state index in [1.165, 1.54) is 11.1 Å². The van der Waals surface area contributed by atoms with Crippen molar-refractivity contribution in [2.45, 2.75) is 6.92 Å². The Labute approximate surface area is 65.5 Å². The van der Waals surface area contributed by atoms with Crippen LogP contribution in [0.5, 0.6) is 0 Å². The van der Waals surface area contributed by atoms with Crippen LogP contribution in [0, 0.1) is 6.92 Å². The van der Waals surface area contributed by atoms with Gasteiger partial charge in [0.05, 0.1) is 11.0 Å². The molecule has 0 bridgehead atoms. The largest absolute Gasteiger partial charge is 0.349 e. The van der Waals surface area contributed by atoms with Crippen LogP contribution >= 0.6 is 0 Å². The molecule has 0 atom stereocenters. The summed E-state index contributed by atoms with van der Waals surface area (Å²) < 4.78 is 2.08. The van der Waals surface area contributed by atoms with Crippen molar-refractivity contribution in [2.75, 3.05) is 0 Å². The maximum Gasteiger partial charge on any atom is 0.0881 e. The summed E-state index contributed by atoms with van der Waals surface area (Å²) in [5.41, 5.74) is 3.47. The third-order valence-electron chi connectivity index (χ3n) is 1.87. The van der Waals surface area contributed by atoms with Gasteiger partial charge in [-0.1, -0.05) is 0 Å². The summed E-state index contributed by atoms with van der Waals surface area (Å²) in [7, 11) is 2.03. The highest BCUT2D eigenvalue weighted by Gasteiger charge is 1.96. The van der Waals surface area contributed by atoms with Gasteiger partial charge in [-0.15, -0.1) is 0 Å². The minimum atomic E-state index is 1.07. The van der Waals surface area contributed by atoms with Gasteiger partial charge in [0.2, 0.25) is 0 Å². The van der Waals surface area contributed by atoms with Gasteiger partial charge in [0, 0.05) is 19.4 Å². The molecule has 0 aromatic carbocycles. The summed E-state index contributed by atoms with van der Waals surface area (Å²) in [6.07, 6.45) is 3.92.